The SMILES string of the molecule is Cc1cc(Cl)ccc1NS(=O)(=O)C(F)(F)F. The lowest BCUT2D eigenvalue weighted by Gasteiger charge is -2.12. The summed E-state index contributed by atoms with van der Waals surface area (Å²) < 4.78 is 59.2. The lowest BCUT2D eigenvalue weighted by molar-refractivity contribution is -0.0429. The Labute approximate surface area is 95.3 Å². The summed E-state index contributed by atoms with van der Waals surface area (Å²) in [6, 6.07) is 3.82. The molecule has 0 heterocycles. The average Bonchev–Trinajstić information content (AvgIpc) is 2.08. The standard InChI is InChI=1S/C8H7ClF3NO2S/c1-5-4-6(9)2-3-7(5)13-16(14,15)8(10,11)12/h2-4,13H,1H3. The summed E-state index contributed by atoms with van der Waals surface area (Å²) in [6.07, 6.45) is 0. The van der Waals surface area contributed by atoms with Crippen LogP contribution < -0.4 is 4.72 Å². The van der Waals surface area contributed by atoms with E-state index in [0.717, 1.165) is 0 Å². The minimum absolute atomic E-state index is 0.151. The van der Waals surface area contributed by atoms with Crippen molar-refractivity contribution in [2.45, 2.75) is 12.4 Å². The highest BCUT2D eigenvalue weighted by molar-refractivity contribution is 7.93. The van der Waals surface area contributed by atoms with Gasteiger partial charge in [-0.25, -0.2) is 0 Å². The zero-order valence-electron chi connectivity index (χ0n) is 7.97. The summed E-state index contributed by atoms with van der Waals surface area (Å²) in [6.45, 7) is 1.44. The third-order valence-corrected chi connectivity index (χ3v) is 3.07. The van der Waals surface area contributed by atoms with E-state index in [1.165, 1.54) is 29.8 Å². The second-order valence-corrected chi connectivity index (χ2v) is 5.12. The second-order valence-electron chi connectivity index (χ2n) is 3.01. The lowest BCUT2D eigenvalue weighted by Crippen LogP contribution is -2.30. The molecular formula is C8H7ClF3NO2S. The van der Waals surface area contributed by atoms with Crippen LogP contribution in [0.25, 0.3) is 0 Å². The number of hydrogen-bond donors (Lipinski definition) is 1. The van der Waals surface area contributed by atoms with Crippen molar-refractivity contribution in [3.8, 4) is 0 Å². The predicted molar refractivity (Wildman–Crippen MR) is 54.8 cm³/mol. The summed E-state index contributed by atoms with van der Waals surface area (Å²) in [5.41, 5.74) is -5.18. The number of alkyl halides is 3. The van der Waals surface area contributed by atoms with Crippen LogP contribution in [-0.2, 0) is 10.0 Å². The molecule has 8 heteroatoms. The van der Waals surface area contributed by atoms with Crippen molar-refractivity contribution in [2.24, 2.45) is 0 Å². The topological polar surface area (TPSA) is 46.2 Å². The molecule has 0 amide bonds. The van der Waals surface area contributed by atoms with Gasteiger partial charge in [-0.15, -0.1) is 0 Å². The fourth-order valence-corrected chi connectivity index (χ4v) is 1.81. The van der Waals surface area contributed by atoms with Crippen LogP contribution in [0.5, 0.6) is 0 Å². The molecule has 1 aromatic rings. The minimum atomic E-state index is -5.38. The van der Waals surface area contributed by atoms with Gasteiger partial charge in [-0.2, -0.15) is 21.6 Å². The van der Waals surface area contributed by atoms with Gasteiger partial charge in [0.15, 0.2) is 0 Å². The van der Waals surface area contributed by atoms with Gasteiger partial charge in [0.1, 0.15) is 0 Å². The molecule has 0 saturated heterocycles. The van der Waals surface area contributed by atoms with E-state index in [4.69, 9.17) is 11.6 Å². The first-order valence-corrected chi connectivity index (χ1v) is 5.85. The normalized spacial score (nSPS) is 12.6. The van der Waals surface area contributed by atoms with E-state index in [9.17, 15) is 21.6 Å². The summed E-state index contributed by atoms with van der Waals surface area (Å²) in [5, 5.41) is 0.312. The van der Waals surface area contributed by atoms with Crippen LogP contribution in [0.4, 0.5) is 18.9 Å². The Morgan fingerprint density at radius 2 is 1.88 bits per heavy atom. The predicted octanol–water partition coefficient (Wildman–Crippen LogP) is 2.91. The Morgan fingerprint density at radius 1 is 1.31 bits per heavy atom. The van der Waals surface area contributed by atoms with Gasteiger partial charge >= 0.3 is 15.5 Å². The number of sulfonamides is 1. The lowest BCUT2D eigenvalue weighted by atomic mass is 10.2. The Morgan fingerprint density at radius 3 is 2.31 bits per heavy atom. The molecular weight excluding hydrogens is 267 g/mol. The fraction of sp³-hybridized carbons (Fsp3) is 0.250. The summed E-state index contributed by atoms with van der Waals surface area (Å²) in [5.74, 6) is 0. The third kappa shape index (κ3) is 2.79. The molecule has 0 radical (unpaired) electrons. The van der Waals surface area contributed by atoms with Crippen LogP contribution in [0, 0.1) is 6.92 Å². The molecule has 0 aliphatic rings. The van der Waals surface area contributed by atoms with Crippen molar-refractivity contribution in [3.05, 3.63) is 28.8 Å². The van der Waals surface area contributed by atoms with Crippen molar-refractivity contribution in [3.63, 3.8) is 0 Å². The van der Waals surface area contributed by atoms with Crippen LogP contribution in [0.2, 0.25) is 5.02 Å². The molecule has 0 fully saturated rings. The maximum absolute atomic E-state index is 12.1. The Kier molecular flexibility index (Phi) is 3.39. The van der Waals surface area contributed by atoms with Gasteiger partial charge in [0.05, 0.1) is 5.69 Å². The summed E-state index contributed by atoms with van der Waals surface area (Å²) >= 11 is 5.58. The maximum Gasteiger partial charge on any atom is 0.516 e. The monoisotopic (exact) mass is 273 g/mol. The molecule has 90 valence electrons. The Balaban J connectivity index is 3.07. The van der Waals surface area contributed by atoms with E-state index < -0.39 is 15.5 Å². The third-order valence-electron chi connectivity index (χ3n) is 1.74. The Hall–Kier alpha value is -0.950. The molecule has 1 rings (SSSR count). The average molecular weight is 274 g/mol. The van der Waals surface area contributed by atoms with Crippen molar-refractivity contribution in [1.82, 2.24) is 0 Å². The van der Waals surface area contributed by atoms with Gasteiger partial charge in [-0.3, -0.25) is 4.72 Å². The first kappa shape index (κ1) is 13.1. The van der Waals surface area contributed by atoms with Crippen molar-refractivity contribution in [2.75, 3.05) is 4.72 Å². The quantitative estimate of drug-likeness (QED) is 0.900. The molecule has 0 aliphatic heterocycles. The molecule has 0 spiro atoms. The van der Waals surface area contributed by atoms with Gasteiger partial charge in [0, 0.05) is 5.02 Å². The number of nitrogens with one attached hydrogen (secondary N) is 1. The number of anilines is 1. The van der Waals surface area contributed by atoms with Crippen LogP contribution >= 0.6 is 11.6 Å². The van der Waals surface area contributed by atoms with Gasteiger partial charge < -0.3 is 0 Å². The number of hydrogen-bond acceptors (Lipinski definition) is 2. The fourth-order valence-electron chi connectivity index (χ4n) is 0.944. The van der Waals surface area contributed by atoms with E-state index >= 15 is 0 Å². The molecule has 0 aromatic heterocycles. The molecule has 0 unspecified atom stereocenters. The molecule has 0 bridgehead atoms. The van der Waals surface area contributed by atoms with Gasteiger partial charge in [-0.1, -0.05) is 11.6 Å². The summed E-state index contributed by atoms with van der Waals surface area (Å²) in [7, 11) is -5.38. The summed E-state index contributed by atoms with van der Waals surface area (Å²) in [4.78, 5) is 0. The number of benzene rings is 1. The van der Waals surface area contributed by atoms with Crippen molar-refractivity contribution < 1.29 is 21.6 Å². The molecule has 0 saturated carbocycles. The maximum atomic E-state index is 12.1. The molecule has 3 nitrogen and oxygen atoms in total. The molecule has 0 aliphatic carbocycles. The smallest absolute Gasteiger partial charge is 0.276 e. The zero-order valence-corrected chi connectivity index (χ0v) is 9.54. The zero-order chi connectivity index (χ0) is 12.6. The van der Waals surface area contributed by atoms with E-state index in [2.05, 4.69) is 0 Å². The first-order valence-electron chi connectivity index (χ1n) is 3.99. The highest BCUT2D eigenvalue weighted by Gasteiger charge is 2.46. The van der Waals surface area contributed by atoms with Crippen molar-refractivity contribution in [1.29, 1.82) is 0 Å². The van der Waals surface area contributed by atoms with E-state index in [-0.39, 0.29) is 5.69 Å². The number of rotatable bonds is 2. The van der Waals surface area contributed by atoms with Crippen LogP contribution in [-0.4, -0.2) is 13.9 Å². The van der Waals surface area contributed by atoms with Gasteiger partial charge in [-0.05, 0) is 30.7 Å². The minimum Gasteiger partial charge on any atom is -0.276 e. The van der Waals surface area contributed by atoms with E-state index in [1.54, 1.807) is 0 Å². The van der Waals surface area contributed by atoms with Gasteiger partial charge in [0.25, 0.3) is 0 Å². The molecule has 0 atom stereocenters. The number of aryl methyl sites for hydroxylation is 1. The van der Waals surface area contributed by atoms with E-state index in [0.29, 0.717) is 10.6 Å². The van der Waals surface area contributed by atoms with Gasteiger partial charge in [0.2, 0.25) is 0 Å². The van der Waals surface area contributed by atoms with Crippen LogP contribution in [0.1, 0.15) is 5.56 Å². The van der Waals surface area contributed by atoms with Crippen LogP contribution in [0.3, 0.4) is 0 Å². The van der Waals surface area contributed by atoms with E-state index in [1.807, 2.05) is 0 Å². The molecule has 1 aromatic carbocycles. The molecule has 1 N–H and O–H groups in total. The highest BCUT2D eigenvalue weighted by atomic mass is 35.5. The Bertz CT molecular complexity index is 498. The van der Waals surface area contributed by atoms with Crippen molar-refractivity contribution >= 4 is 27.3 Å². The highest BCUT2D eigenvalue weighted by Crippen LogP contribution is 2.27. The van der Waals surface area contributed by atoms with Crippen LogP contribution in [0.15, 0.2) is 18.2 Å². The molecule has 16 heavy (non-hydrogen) atoms. The second kappa shape index (κ2) is 4.14. The largest absolute Gasteiger partial charge is 0.516 e. The number of halogens is 4. The first-order chi connectivity index (χ1) is 7.13.